The quantitative estimate of drug-likeness (QED) is 0.0140. The number of anilines is 1. The number of Topliss-reactive ketones (excluding diaryl/α,β-unsaturated/α-hetero) is 1. The molecule has 63 heavy (non-hydrogen) atoms. The average molecular weight is 905 g/mol. The van der Waals surface area contributed by atoms with Crippen LogP contribution in [0.2, 0.25) is 0 Å². The molecule has 5 rings (SSSR count). The van der Waals surface area contributed by atoms with E-state index in [0.29, 0.717) is 43.7 Å². The van der Waals surface area contributed by atoms with Gasteiger partial charge < -0.3 is 10.2 Å². The second-order valence-corrected chi connectivity index (χ2v) is 20.3. The van der Waals surface area contributed by atoms with Gasteiger partial charge >= 0.3 is 0 Å². The van der Waals surface area contributed by atoms with Crippen molar-refractivity contribution >= 4 is 43.1 Å². The van der Waals surface area contributed by atoms with Crippen molar-refractivity contribution in [1.29, 1.82) is 0 Å². The zero-order valence-electron chi connectivity index (χ0n) is 37.1. The minimum Gasteiger partial charge on any atom is -0.344 e. The Morgan fingerprint density at radius 1 is 0.905 bits per heavy atom. The first-order valence-electron chi connectivity index (χ1n) is 21.6. The molecule has 2 aromatic carbocycles. The van der Waals surface area contributed by atoms with Gasteiger partial charge in [-0.1, -0.05) is 66.5 Å². The molecule has 3 aromatic rings. The highest BCUT2D eigenvalue weighted by Crippen LogP contribution is 2.48. The van der Waals surface area contributed by atoms with Crippen LogP contribution in [0.15, 0.2) is 88.7 Å². The molecule has 2 aliphatic heterocycles. The molecule has 3 N–H and O–H groups in total. The Morgan fingerprint density at radius 3 is 2.38 bits per heavy atom. The van der Waals surface area contributed by atoms with Gasteiger partial charge in [-0.2, -0.15) is 21.4 Å². The molecule has 18 heteroatoms. The minimum atomic E-state index is -4.45. The normalized spacial score (nSPS) is 16.4. The van der Waals surface area contributed by atoms with Crippen LogP contribution >= 0.6 is 0 Å². The third-order valence-electron chi connectivity index (χ3n) is 11.7. The van der Waals surface area contributed by atoms with Crippen molar-refractivity contribution in [1.82, 2.24) is 20.3 Å². The molecule has 340 valence electrons. The van der Waals surface area contributed by atoms with Crippen molar-refractivity contribution in [2.24, 2.45) is 5.11 Å². The summed E-state index contributed by atoms with van der Waals surface area (Å²) in [5.41, 5.74) is 15.2. The van der Waals surface area contributed by atoms with Crippen LogP contribution in [0.4, 0.5) is 11.4 Å². The van der Waals surface area contributed by atoms with Crippen LogP contribution in [0, 0.1) is 6.92 Å². The second kappa shape index (κ2) is 21.6. The first-order valence-corrected chi connectivity index (χ1v) is 24.7. The van der Waals surface area contributed by atoms with Crippen LogP contribution in [0.25, 0.3) is 10.4 Å². The van der Waals surface area contributed by atoms with Crippen molar-refractivity contribution < 1.29 is 35.3 Å². The largest absolute Gasteiger partial charge is 0.344 e. The Hall–Kier alpha value is -4.97. The van der Waals surface area contributed by atoms with Crippen molar-refractivity contribution in [2.75, 3.05) is 36.8 Å². The lowest BCUT2D eigenvalue weighted by Crippen LogP contribution is -2.28. The molecule has 0 aliphatic carbocycles. The monoisotopic (exact) mass is 904 g/mol. The van der Waals surface area contributed by atoms with Crippen LogP contribution in [0.1, 0.15) is 108 Å². The smallest absolute Gasteiger partial charge is 0.294 e. The predicted molar refractivity (Wildman–Crippen MR) is 246 cm³/mol. The van der Waals surface area contributed by atoms with Gasteiger partial charge in [0.2, 0.25) is 5.69 Å². The number of carbonyl (C=O) groups is 1. The van der Waals surface area contributed by atoms with Crippen molar-refractivity contribution in [2.45, 2.75) is 121 Å². The first-order chi connectivity index (χ1) is 29.8. The summed E-state index contributed by atoms with van der Waals surface area (Å²) in [4.78, 5) is 17.7. The maximum absolute atomic E-state index is 12.8. The van der Waals surface area contributed by atoms with Gasteiger partial charge in [-0.15, -0.1) is 5.10 Å². The van der Waals surface area contributed by atoms with Crippen LogP contribution in [-0.2, 0) is 49.0 Å². The first kappa shape index (κ1) is 49.1. The summed E-state index contributed by atoms with van der Waals surface area (Å²) < 4.78 is 70.0. The number of azide groups is 1. The minimum absolute atomic E-state index is 0.145. The lowest BCUT2D eigenvalue weighted by Gasteiger charge is -2.27. The van der Waals surface area contributed by atoms with Crippen molar-refractivity contribution in [3.63, 3.8) is 0 Å². The molecule has 0 unspecified atom stereocenters. The topological polar surface area (TPSA) is 224 Å². The Kier molecular flexibility index (Phi) is 16.8. The molecule has 0 spiro atoms. The summed E-state index contributed by atoms with van der Waals surface area (Å²) in [6, 6.07) is 11.0. The van der Waals surface area contributed by atoms with Gasteiger partial charge in [-0.25, -0.2) is 0 Å². The zero-order chi connectivity index (χ0) is 45.8. The number of allylic oxidation sites excluding steroid dienone is 6. The number of unbranched alkanes of at least 4 members (excludes halogenated alkanes) is 3. The maximum Gasteiger partial charge on any atom is 0.294 e. The molecular weight excluding hydrogens is 843 g/mol. The van der Waals surface area contributed by atoms with E-state index >= 15 is 0 Å². The lowest BCUT2D eigenvalue weighted by molar-refractivity contribution is -0.437. The molecule has 2 aliphatic rings. The Balaban J connectivity index is 1.17. The molecule has 0 bridgehead atoms. The van der Waals surface area contributed by atoms with Crippen molar-refractivity contribution in [3.05, 3.63) is 111 Å². The van der Waals surface area contributed by atoms with E-state index < -0.39 is 31.4 Å². The third-order valence-corrected chi connectivity index (χ3v) is 13.4. The second-order valence-electron chi connectivity index (χ2n) is 17.3. The summed E-state index contributed by atoms with van der Waals surface area (Å²) in [6.07, 6.45) is 18.2. The molecule has 0 saturated carbocycles. The van der Waals surface area contributed by atoms with E-state index in [4.69, 9.17) is 5.53 Å². The van der Waals surface area contributed by atoms with E-state index in [1.54, 1.807) is 6.07 Å². The number of hydrogen-bond acceptors (Lipinski definition) is 10. The van der Waals surface area contributed by atoms with E-state index in [0.717, 1.165) is 68.7 Å². The fourth-order valence-electron chi connectivity index (χ4n) is 8.40. The number of nitrogens with one attached hydrogen (secondary N) is 1. The highest BCUT2D eigenvalue weighted by atomic mass is 32.2. The van der Waals surface area contributed by atoms with Gasteiger partial charge in [-0.3, -0.25) is 18.6 Å². The number of aromatic nitrogens is 3. The van der Waals surface area contributed by atoms with Gasteiger partial charge in [0.1, 0.15) is 12.3 Å². The summed E-state index contributed by atoms with van der Waals surface area (Å²) in [7, 11) is -8.62. The Bertz CT molecular complexity index is 2520. The zero-order valence-corrected chi connectivity index (χ0v) is 38.7. The number of aryl methyl sites for hydroxylation is 2. The molecular formula is C45H62N9O7S2+. The number of fused-ring (bicyclic) bond motifs is 2. The number of ketones is 1. The van der Waals surface area contributed by atoms with Crippen molar-refractivity contribution in [3.8, 4) is 0 Å². The van der Waals surface area contributed by atoms with Crippen LogP contribution < -0.4 is 10.2 Å². The number of nitrogens with zero attached hydrogens (tertiary/aromatic N) is 8. The van der Waals surface area contributed by atoms with E-state index in [-0.39, 0.29) is 29.1 Å². The van der Waals surface area contributed by atoms with Gasteiger partial charge in [0, 0.05) is 91.1 Å². The molecule has 3 heterocycles. The average Bonchev–Trinajstić information content (AvgIpc) is 3.81. The van der Waals surface area contributed by atoms with Gasteiger partial charge in [0.25, 0.3) is 20.2 Å². The van der Waals surface area contributed by atoms with Crippen LogP contribution in [0.5, 0.6) is 0 Å². The summed E-state index contributed by atoms with van der Waals surface area (Å²) in [5.74, 6) is -0.134. The van der Waals surface area contributed by atoms with Gasteiger partial charge in [-0.05, 0) is 94.8 Å². The molecule has 16 nitrogen and oxygen atoms in total. The molecule has 0 fully saturated rings. The SMILES string of the molecule is Cc1ccc2c(c1)C(C)(C)C(=CC=CC=CC1=[N+](CCCS(=O)(=O)O)c3ccc(S(=O)(=O)O)cc3C1(C)C)N2CCCCCC(=O)CCCCn1cc(CNCCCN=[N+]=[N-])nn1. The predicted octanol–water partition coefficient (Wildman–Crippen LogP) is 8.07. The Labute approximate surface area is 372 Å². The highest BCUT2D eigenvalue weighted by molar-refractivity contribution is 7.86. The van der Waals surface area contributed by atoms with Gasteiger partial charge in [0.15, 0.2) is 5.71 Å². The molecule has 1 aromatic heterocycles. The molecule has 0 radical (unpaired) electrons. The third kappa shape index (κ3) is 13.3. The number of hydrogen-bond donors (Lipinski definition) is 3. The van der Waals surface area contributed by atoms with E-state index in [1.165, 1.54) is 28.9 Å². The number of carbonyl (C=O) groups excluding carboxylic acids is 1. The number of benzene rings is 2. The lowest BCUT2D eigenvalue weighted by atomic mass is 9.81. The maximum atomic E-state index is 12.8. The van der Waals surface area contributed by atoms with Crippen LogP contribution in [-0.4, -0.2) is 88.9 Å². The molecule has 0 atom stereocenters. The summed E-state index contributed by atoms with van der Waals surface area (Å²) >= 11 is 0. The Morgan fingerprint density at radius 2 is 1.65 bits per heavy atom. The fourth-order valence-corrected chi connectivity index (χ4v) is 9.40. The summed E-state index contributed by atoms with van der Waals surface area (Å²) in [6.45, 7) is 14.0. The fraction of sp³-hybridized carbons (Fsp3) is 0.511. The highest BCUT2D eigenvalue weighted by Gasteiger charge is 2.45. The summed E-state index contributed by atoms with van der Waals surface area (Å²) in [5, 5.41) is 15.2. The molecule has 0 saturated heterocycles. The van der Waals surface area contributed by atoms with E-state index in [2.05, 4.69) is 75.6 Å². The molecule has 0 amide bonds. The van der Waals surface area contributed by atoms with Crippen LogP contribution in [0.3, 0.4) is 0 Å². The number of rotatable bonds is 25. The van der Waals surface area contributed by atoms with E-state index in [9.17, 15) is 30.7 Å². The van der Waals surface area contributed by atoms with Gasteiger partial charge in [0.05, 0.1) is 21.8 Å². The van der Waals surface area contributed by atoms with E-state index in [1.807, 2.05) is 53.6 Å². The standard InChI is InChI=1S/C45H61N9O7S2/c1-34-20-22-40-38(30-34)44(2,3)42(53(40)27-12-7-8-16-36(55)17-11-13-26-52-33-35(49-51-52)32-47-24-14-25-48-50-46)18-9-6-10-19-43-45(4,5)39-31-37(63(59,60)61)21-23-41(39)54(43)28-15-29-62(56,57)58/h6,9-10,18-23,30-31,33,47H,7-8,11-17,24-29,32H2,1-5H3,(H-,56,57,58,59,60,61)/p+1.